The molecule has 5 aromatic rings. The van der Waals surface area contributed by atoms with E-state index in [4.69, 9.17) is 18.9 Å². The van der Waals surface area contributed by atoms with E-state index in [0.717, 1.165) is 39.8 Å². The van der Waals surface area contributed by atoms with Crippen LogP contribution in [0.3, 0.4) is 0 Å². The van der Waals surface area contributed by atoms with Gasteiger partial charge in [0.1, 0.15) is 0 Å². The Hall–Kier alpha value is -4.56. The molecule has 0 aliphatic carbocycles. The van der Waals surface area contributed by atoms with Crippen molar-refractivity contribution in [2.24, 2.45) is 23.7 Å². The van der Waals surface area contributed by atoms with Crippen LogP contribution in [0.5, 0.6) is 0 Å². The molecule has 0 saturated carbocycles. The fraction of sp³-hybridized carbons (Fsp3) is 0.415. The first-order valence-electron chi connectivity index (χ1n) is 17.0. The minimum absolute atomic E-state index is 0.136. The van der Waals surface area contributed by atoms with Gasteiger partial charge in [0.25, 0.3) is 0 Å². The number of rotatable bonds is 12. The van der Waals surface area contributed by atoms with Gasteiger partial charge >= 0.3 is 17.9 Å². The zero-order valence-corrected chi connectivity index (χ0v) is 30.1. The van der Waals surface area contributed by atoms with Crippen LogP contribution in [-0.4, -0.2) is 57.7 Å². The van der Waals surface area contributed by atoms with E-state index in [2.05, 4.69) is 13.8 Å². The number of hydrogen-bond donors (Lipinski definition) is 0. The number of esters is 3. The summed E-state index contributed by atoms with van der Waals surface area (Å²) in [6.07, 6.45) is 0.745. The predicted octanol–water partition coefficient (Wildman–Crippen LogP) is 9.28. The van der Waals surface area contributed by atoms with E-state index in [1.54, 1.807) is 31.4 Å². The first-order chi connectivity index (χ1) is 23.3. The number of hydrogen-bond acceptors (Lipinski definition) is 8. The minimum Gasteiger partial charge on any atom is -0.462 e. The lowest BCUT2D eigenvalue weighted by Crippen LogP contribution is -2.14. The Kier molecular flexibility index (Phi) is 12.3. The number of aldehydes is 1. The highest BCUT2D eigenvalue weighted by molar-refractivity contribution is 6.37. The SMILES string of the molecule is CC(C)COC(=O)c1ccc2c3ccc(C(=O)OCC(C)C)c4c(C(=O)OCC(C)C)ccc(c5ccc(C=O)c1c52)c43.COCC(C)C. The largest absolute Gasteiger partial charge is 0.462 e. The molecule has 0 fully saturated rings. The highest BCUT2D eigenvalue weighted by Crippen LogP contribution is 2.44. The molecule has 0 aliphatic rings. The van der Waals surface area contributed by atoms with Gasteiger partial charge in [0.15, 0.2) is 6.29 Å². The molecule has 0 N–H and O–H groups in total. The van der Waals surface area contributed by atoms with Crippen molar-refractivity contribution in [1.82, 2.24) is 0 Å². The van der Waals surface area contributed by atoms with Crippen LogP contribution in [0.4, 0.5) is 0 Å². The third-order valence-corrected chi connectivity index (χ3v) is 7.86. The summed E-state index contributed by atoms with van der Waals surface area (Å²) in [6, 6.07) is 14.1. The summed E-state index contributed by atoms with van der Waals surface area (Å²) in [4.78, 5) is 52.3. The monoisotopic (exact) mass is 668 g/mol. The first-order valence-corrected chi connectivity index (χ1v) is 17.0. The fourth-order valence-corrected chi connectivity index (χ4v) is 5.82. The van der Waals surface area contributed by atoms with Gasteiger partial charge < -0.3 is 18.9 Å². The van der Waals surface area contributed by atoms with Crippen molar-refractivity contribution in [2.75, 3.05) is 33.5 Å². The maximum Gasteiger partial charge on any atom is 0.338 e. The van der Waals surface area contributed by atoms with Crippen LogP contribution in [0.1, 0.15) is 96.8 Å². The second kappa shape index (κ2) is 16.2. The van der Waals surface area contributed by atoms with Crippen LogP contribution in [0, 0.1) is 23.7 Å². The predicted molar refractivity (Wildman–Crippen MR) is 195 cm³/mol. The highest BCUT2D eigenvalue weighted by Gasteiger charge is 2.26. The summed E-state index contributed by atoms with van der Waals surface area (Å²) >= 11 is 0. The molecule has 0 radical (unpaired) electrons. The molecular formula is C41H48O8. The molecule has 5 aromatic carbocycles. The quantitative estimate of drug-likeness (QED) is 0.0426. The number of benzene rings is 5. The molecule has 5 rings (SSSR count). The summed E-state index contributed by atoms with van der Waals surface area (Å²) < 4.78 is 21.6. The van der Waals surface area contributed by atoms with Crippen LogP contribution >= 0.6 is 0 Å². The molecule has 8 heteroatoms. The number of carbonyl (C=O) groups is 4. The van der Waals surface area contributed by atoms with Gasteiger partial charge in [0, 0.05) is 30.1 Å². The number of carbonyl (C=O) groups excluding carboxylic acids is 4. The van der Waals surface area contributed by atoms with Crippen LogP contribution in [0.2, 0.25) is 0 Å². The van der Waals surface area contributed by atoms with Crippen molar-refractivity contribution in [3.8, 4) is 0 Å². The fourth-order valence-electron chi connectivity index (χ4n) is 5.82. The molecule has 0 bridgehead atoms. The Morgan fingerprint density at radius 3 is 1.12 bits per heavy atom. The smallest absolute Gasteiger partial charge is 0.338 e. The van der Waals surface area contributed by atoms with Gasteiger partial charge in [-0.2, -0.15) is 0 Å². The second-order valence-corrected chi connectivity index (χ2v) is 14.1. The minimum atomic E-state index is -0.522. The van der Waals surface area contributed by atoms with E-state index >= 15 is 0 Å². The van der Waals surface area contributed by atoms with Crippen molar-refractivity contribution >= 4 is 67.3 Å². The van der Waals surface area contributed by atoms with Gasteiger partial charge in [0.05, 0.1) is 36.5 Å². The van der Waals surface area contributed by atoms with Gasteiger partial charge in [-0.05, 0) is 74.2 Å². The average molecular weight is 669 g/mol. The first kappa shape index (κ1) is 37.3. The molecule has 0 amide bonds. The summed E-state index contributed by atoms with van der Waals surface area (Å²) in [5.41, 5.74) is 1.23. The summed E-state index contributed by atoms with van der Waals surface area (Å²) in [5.74, 6) is -0.439. The average Bonchev–Trinajstić information content (AvgIpc) is 3.06. The van der Waals surface area contributed by atoms with E-state index in [-0.39, 0.29) is 48.7 Å². The normalized spacial score (nSPS) is 11.6. The molecule has 49 heavy (non-hydrogen) atoms. The van der Waals surface area contributed by atoms with Crippen LogP contribution in [0.15, 0.2) is 48.5 Å². The van der Waals surface area contributed by atoms with Crippen molar-refractivity contribution < 1.29 is 38.1 Å². The molecule has 0 unspecified atom stereocenters. The van der Waals surface area contributed by atoms with Gasteiger partial charge in [-0.1, -0.05) is 85.7 Å². The Morgan fingerprint density at radius 2 is 0.816 bits per heavy atom. The third kappa shape index (κ3) is 8.19. The maximum atomic E-state index is 13.4. The Balaban J connectivity index is 0.000000827. The Morgan fingerprint density at radius 1 is 0.490 bits per heavy atom. The topological polar surface area (TPSA) is 105 Å². The Bertz CT molecular complexity index is 1890. The van der Waals surface area contributed by atoms with Crippen molar-refractivity contribution in [2.45, 2.75) is 55.4 Å². The molecule has 0 atom stereocenters. The zero-order chi connectivity index (χ0) is 36.0. The van der Waals surface area contributed by atoms with Crippen LogP contribution < -0.4 is 0 Å². The zero-order valence-electron chi connectivity index (χ0n) is 30.1. The molecule has 0 saturated heterocycles. The van der Waals surface area contributed by atoms with E-state index in [9.17, 15) is 19.2 Å². The lowest BCUT2D eigenvalue weighted by molar-refractivity contribution is 0.0449. The lowest BCUT2D eigenvalue weighted by Gasteiger charge is -2.20. The number of methoxy groups -OCH3 is 1. The molecule has 0 aromatic heterocycles. The van der Waals surface area contributed by atoms with E-state index in [0.29, 0.717) is 33.2 Å². The maximum absolute atomic E-state index is 13.4. The lowest BCUT2D eigenvalue weighted by atomic mass is 9.84. The summed E-state index contributed by atoms with van der Waals surface area (Å²) in [7, 11) is 1.72. The third-order valence-electron chi connectivity index (χ3n) is 7.86. The van der Waals surface area contributed by atoms with Gasteiger partial charge in [-0.3, -0.25) is 4.79 Å². The van der Waals surface area contributed by atoms with Crippen molar-refractivity contribution in [3.05, 3.63) is 70.8 Å². The van der Waals surface area contributed by atoms with Crippen LogP contribution in [-0.2, 0) is 18.9 Å². The standard InChI is InChI=1S/C36H36O7.C5H12O/c1-19(2)16-41-34(38)27-12-9-24-26-11-14-29(36(40)43-18-21(5)6)33-28(35(39)42-17-20(3)4)13-10-25(32(26)33)23-8-7-22(15-37)30(27)31(23)24;1-5(2)4-6-3/h7-15,19-21H,16-18H2,1-6H3;5H,4H2,1-3H3. The molecule has 0 aliphatic heterocycles. The highest BCUT2D eigenvalue weighted by atomic mass is 16.5. The second-order valence-electron chi connectivity index (χ2n) is 14.1. The van der Waals surface area contributed by atoms with Crippen molar-refractivity contribution in [3.63, 3.8) is 0 Å². The number of ether oxygens (including phenoxy) is 4. The molecule has 260 valence electrons. The van der Waals surface area contributed by atoms with Crippen molar-refractivity contribution in [1.29, 1.82) is 0 Å². The van der Waals surface area contributed by atoms with Gasteiger partial charge in [-0.15, -0.1) is 0 Å². The van der Waals surface area contributed by atoms with E-state index in [1.165, 1.54) is 0 Å². The summed E-state index contributed by atoms with van der Waals surface area (Å²) in [5, 5.41) is 5.51. The molecular weight excluding hydrogens is 620 g/mol. The Labute approximate surface area is 288 Å². The van der Waals surface area contributed by atoms with Gasteiger partial charge in [-0.25, -0.2) is 14.4 Å². The molecule has 0 spiro atoms. The van der Waals surface area contributed by atoms with E-state index in [1.807, 2.05) is 65.8 Å². The van der Waals surface area contributed by atoms with Gasteiger partial charge in [0.2, 0.25) is 0 Å². The summed E-state index contributed by atoms with van der Waals surface area (Å²) in [6.45, 7) is 17.6. The van der Waals surface area contributed by atoms with E-state index < -0.39 is 17.9 Å². The molecule has 8 nitrogen and oxygen atoms in total. The van der Waals surface area contributed by atoms with Crippen LogP contribution in [0.25, 0.3) is 43.1 Å². The molecule has 0 heterocycles. The number of fused-ring (bicyclic) bond motifs is 2.